The van der Waals surface area contributed by atoms with Crippen molar-refractivity contribution in [1.29, 1.82) is 0 Å². The molecule has 392 valence electrons. The van der Waals surface area contributed by atoms with E-state index < -0.39 is 17.9 Å². The molecule has 0 amide bonds. The van der Waals surface area contributed by atoms with Crippen molar-refractivity contribution in [3.8, 4) is 0 Å². The van der Waals surface area contributed by atoms with Crippen molar-refractivity contribution >= 4 is 54.0 Å². The molecule has 0 radical (unpaired) electrons. The van der Waals surface area contributed by atoms with Crippen molar-refractivity contribution in [1.82, 2.24) is 0 Å². The van der Waals surface area contributed by atoms with E-state index in [0.29, 0.717) is 28.5 Å². The standard InChI is InChI=1S/C24H34O4.C19H22O4.C18H20O4/c1-2-3-4-5-6-7-8-19-11-16-22(17-12-19)28-24(27)21-14-9-20(10-15-21)13-18-23(25)26;1-2-3-14-6-11-17(12-7-14)23-19(22)16-9-4-15(5-10-16)8-13-18(20)21;1-2-13-5-10-16(11-6-13)22-18(21)15-8-3-14(4-9-15)7-12-17(19)20/h9-10,13-15,18-19,22H,2-8,11-12,16-17H2,1H3,(H,25,26);2,4-5,8-10,13-14,17H,1,3,6-7,11-12H2,(H,20,21);2-4,7-9,12-13,16H,1,5-6,10-11H2,(H,19,20)/b18-13+;13-8+;12-7+. The molecular formula is C61H76O12. The van der Waals surface area contributed by atoms with Gasteiger partial charge >= 0.3 is 35.8 Å². The van der Waals surface area contributed by atoms with E-state index in [1.807, 2.05) is 12.2 Å². The maximum Gasteiger partial charge on any atom is 0.338 e. The molecule has 0 atom stereocenters. The first-order valence-corrected chi connectivity index (χ1v) is 26.1. The molecule has 3 aromatic rings. The van der Waals surface area contributed by atoms with Crippen LogP contribution in [0.5, 0.6) is 0 Å². The van der Waals surface area contributed by atoms with E-state index in [2.05, 4.69) is 20.1 Å². The maximum atomic E-state index is 12.3. The molecule has 3 fully saturated rings. The summed E-state index contributed by atoms with van der Waals surface area (Å²) in [5.74, 6) is -1.91. The summed E-state index contributed by atoms with van der Waals surface area (Å²) in [6.07, 6.45) is 34.0. The van der Waals surface area contributed by atoms with Gasteiger partial charge in [-0.1, -0.05) is 100 Å². The Morgan fingerprint density at radius 1 is 0.466 bits per heavy atom. The number of aliphatic carboxylic acids is 3. The summed E-state index contributed by atoms with van der Waals surface area (Å²) < 4.78 is 16.8. The SMILES string of the molecule is C=CC1CCC(OC(=O)c2ccc(/C=C/C(=O)O)cc2)CC1.C=CCC1CCC(OC(=O)c2ccc(/C=C/C(=O)O)cc2)CC1.CCCCCCCCC1CCC(OC(=O)c2ccc(/C=C/C(=O)O)cc2)CC1. The summed E-state index contributed by atoms with van der Waals surface area (Å²) in [6, 6.07) is 20.3. The lowest BCUT2D eigenvalue weighted by atomic mass is 9.84. The number of unbranched alkanes of at least 4 members (excludes halogenated alkanes) is 5. The van der Waals surface area contributed by atoms with Crippen LogP contribution in [-0.2, 0) is 28.6 Å². The van der Waals surface area contributed by atoms with E-state index in [4.69, 9.17) is 29.5 Å². The van der Waals surface area contributed by atoms with Gasteiger partial charge in [0.05, 0.1) is 16.7 Å². The van der Waals surface area contributed by atoms with Crippen molar-refractivity contribution in [3.63, 3.8) is 0 Å². The van der Waals surface area contributed by atoms with Crippen molar-refractivity contribution in [2.24, 2.45) is 17.8 Å². The minimum atomic E-state index is -1.00. The Labute approximate surface area is 431 Å². The Morgan fingerprint density at radius 3 is 1.12 bits per heavy atom. The summed E-state index contributed by atoms with van der Waals surface area (Å²) in [5.41, 5.74) is 3.69. The summed E-state index contributed by atoms with van der Waals surface area (Å²) >= 11 is 0. The zero-order valence-corrected chi connectivity index (χ0v) is 42.6. The van der Waals surface area contributed by atoms with Crippen molar-refractivity contribution in [3.05, 3.63) is 150 Å². The summed E-state index contributed by atoms with van der Waals surface area (Å²) in [6.45, 7) is 9.82. The Hall–Kier alpha value is -6.82. The van der Waals surface area contributed by atoms with E-state index in [1.54, 1.807) is 72.8 Å². The minimum Gasteiger partial charge on any atom is -0.478 e. The number of hydrogen-bond acceptors (Lipinski definition) is 9. The van der Waals surface area contributed by atoms with Gasteiger partial charge in [-0.25, -0.2) is 28.8 Å². The van der Waals surface area contributed by atoms with E-state index in [1.165, 1.54) is 63.2 Å². The molecule has 0 bridgehead atoms. The number of carbonyl (C=O) groups excluding carboxylic acids is 3. The summed E-state index contributed by atoms with van der Waals surface area (Å²) in [5, 5.41) is 25.8. The van der Waals surface area contributed by atoms with Crippen LogP contribution in [0, 0.1) is 17.8 Å². The molecule has 12 nitrogen and oxygen atoms in total. The molecule has 3 N–H and O–H groups in total. The Morgan fingerprint density at radius 2 is 0.795 bits per heavy atom. The number of hydrogen-bond donors (Lipinski definition) is 3. The van der Waals surface area contributed by atoms with Crippen LogP contribution in [0.3, 0.4) is 0 Å². The van der Waals surface area contributed by atoms with Crippen LogP contribution in [0.1, 0.15) is 183 Å². The van der Waals surface area contributed by atoms with Crippen LogP contribution in [-0.4, -0.2) is 69.4 Å². The Kier molecular flexibility index (Phi) is 26.6. The number of benzene rings is 3. The Bertz CT molecular complexity index is 2280. The number of esters is 3. The zero-order valence-electron chi connectivity index (χ0n) is 42.6. The van der Waals surface area contributed by atoms with E-state index in [9.17, 15) is 28.8 Å². The lowest BCUT2D eigenvalue weighted by molar-refractivity contribution is -0.132. The van der Waals surface area contributed by atoms with Gasteiger partial charge in [0.25, 0.3) is 0 Å². The smallest absolute Gasteiger partial charge is 0.338 e. The third kappa shape index (κ3) is 23.5. The summed E-state index contributed by atoms with van der Waals surface area (Å²) in [4.78, 5) is 68.0. The monoisotopic (exact) mass is 1000 g/mol. The third-order valence-corrected chi connectivity index (χ3v) is 13.6. The maximum absolute atomic E-state index is 12.3. The molecule has 73 heavy (non-hydrogen) atoms. The third-order valence-electron chi connectivity index (χ3n) is 13.6. The van der Waals surface area contributed by atoms with Gasteiger partial charge in [-0.15, -0.1) is 13.2 Å². The van der Waals surface area contributed by atoms with Crippen LogP contribution in [0.15, 0.2) is 116 Å². The van der Waals surface area contributed by atoms with Gasteiger partial charge in [-0.2, -0.15) is 0 Å². The molecular weight excluding hydrogens is 925 g/mol. The molecule has 3 saturated carbocycles. The lowest BCUT2D eigenvalue weighted by Crippen LogP contribution is -2.24. The van der Waals surface area contributed by atoms with Crippen LogP contribution >= 0.6 is 0 Å². The van der Waals surface area contributed by atoms with Gasteiger partial charge in [0.15, 0.2) is 0 Å². The minimum absolute atomic E-state index is 0.00449. The predicted octanol–water partition coefficient (Wildman–Crippen LogP) is 14.0. The van der Waals surface area contributed by atoms with Crippen LogP contribution in [0.2, 0.25) is 0 Å². The molecule has 0 spiro atoms. The highest BCUT2D eigenvalue weighted by molar-refractivity contribution is 5.92. The van der Waals surface area contributed by atoms with Gasteiger partial charge in [-0.3, -0.25) is 0 Å². The predicted molar refractivity (Wildman–Crippen MR) is 286 cm³/mol. The van der Waals surface area contributed by atoms with E-state index in [0.717, 1.165) is 124 Å². The molecule has 0 heterocycles. The van der Waals surface area contributed by atoms with Gasteiger partial charge in [0.2, 0.25) is 0 Å². The lowest BCUT2D eigenvalue weighted by Gasteiger charge is -2.28. The number of carboxylic acids is 3. The second-order valence-electron chi connectivity index (χ2n) is 19.2. The van der Waals surface area contributed by atoms with Crippen molar-refractivity contribution < 1.29 is 58.3 Å². The fraction of sp³-hybridized carbons (Fsp3) is 0.443. The fourth-order valence-corrected chi connectivity index (χ4v) is 9.27. The van der Waals surface area contributed by atoms with Crippen molar-refractivity contribution in [2.45, 2.75) is 154 Å². The molecule has 6 rings (SSSR count). The zero-order chi connectivity index (χ0) is 52.8. The van der Waals surface area contributed by atoms with Crippen LogP contribution in [0.25, 0.3) is 18.2 Å². The largest absolute Gasteiger partial charge is 0.478 e. The van der Waals surface area contributed by atoms with Gasteiger partial charge < -0.3 is 29.5 Å². The van der Waals surface area contributed by atoms with Crippen molar-refractivity contribution in [2.75, 3.05) is 0 Å². The molecule has 12 heteroatoms. The highest BCUT2D eigenvalue weighted by Crippen LogP contribution is 2.32. The molecule has 0 aromatic heterocycles. The number of rotatable bonds is 22. The summed E-state index contributed by atoms with van der Waals surface area (Å²) in [7, 11) is 0. The van der Waals surface area contributed by atoms with E-state index >= 15 is 0 Å². The van der Waals surface area contributed by atoms with Gasteiger partial charge in [-0.05, 0) is 173 Å². The molecule has 3 aliphatic carbocycles. The second-order valence-corrected chi connectivity index (χ2v) is 19.2. The molecule has 0 unspecified atom stereocenters. The van der Waals surface area contributed by atoms with Crippen LogP contribution < -0.4 is 0 Å². The first kappa shape index (κ1) is 58.7. The normalized spacial score (nSPS) is 20.6. The quantitative estimate of drug-likeness (QED) is 0.0284. The molecule has 3 aromatic carbocycles. The highest BCUT2D eigenvalue weighted by atomic mass is 16.6. The van der Waals surface area contributed by atoms with Crippen LogP contribution in [0.4, 0.5) is 0 Å². The first-order valence-electron chi connectivity index (χ1n) is 26.1. The highest BCUT2D eigenvalue weighted by Gasteiger charge is 2.26. The number of carboxylic acid groups (broad SMARTS) is 3. The molecule has 0 aliphatic heterocycles. The van der Waals surface area contributed by atoms with Gasteiger partial charge in [0.1, 0.15) is 18.3 Å². The number of ether oxygens (including phenoxy) is 3. The fourth-order valence-electron chi connectivity index (χ4n) is 9.27. The first-order chi connectivity index (χ1) is 35.2. The Balaban J connectivity index is 0.000000239. The average Bonchev–Trinajstić information content (AvgIpc) is 3.40. The van der Waals surface area contributed by atoms with E-state index in [-0.39, 0.29) is 36.2 Å². The topological polar surface area (TPSA) is 191 Å². The molecule has 3 aliphatic rings. The average molecular weight is 1000 g/mol. The van der Waals surface area contributed by atoms with Gasteiger partial charge in [0, 0.05) is 18.2 Å². The molecule has 0 saturated heterocycles. The number of carbonyl (C=O) groups is 6. The number of allylic oxidation sites excluding steroid dienone is 2. The second kappa shape index (κ2) is 33.0.